The molecule has 0 aromatic carbocycles. The van der Waals surface area contributed by atoms with Crippen LogP contribution in [0.4, 0.5) is 0 Å². The molecule has 0 spiro atoms. The zero-order valence-electron chi connectivity index (χ0n) is 30.4. The summed E-state index contributed by atoms with van der Waals surface area (Å²) in [5.74, 6) is -5.13. The Morgan fingerprint density at radius 1 is 0.633 bits per heavy atom. The van der Waals surface area contributed by atoms with Crippen LogP contribution in [-0.4, -0.2) is 108 Å². The molecule has 1 heterocycles. The largest absolute Gasteiger partial charge is 0.460 e. The third-order valence-electron chi connectivity index (χ3n) is 9.02. The van der Waals surface area contributed by atoms with Crippen LogP contribution in [-0.2, 0) is 33.5 Å². The standard InChI is InChI=1S/C35H63N5O9/c1-6-9-11-12-13-14-15-17-20-29-24(4)35(48)40(5)28(19-16-10-7-2)34(47)37-25(18-8-3)32(45)39-27(23-42)33(46)38-26(22-41)31(44)36-21-30(43)49-29/h24-29,41-42H,6-23H2,1-5H3,(H,36,44)(H,37,47)(H,38,46)(H,39,45)/t24-,25+,26+,27+,28+,29?/m1/s1. The lowest BCUT2D eigenvalue weighted by Gasteiger charge is -2.33. The van der Waals surface area contributed by atoms with E-state index in [0.29, 0.717) is 32.1 Å². The summed E-state index contributed by atoms with van der Waals surface area (Å²) in [6.45, 7) is 5.42. The summed E-state index contributed by atoms with van der Waals surface area (Å²) in [6.07, 6.45) is 11.4. The number of esters is 1. The molecule has 6 atom stereocenters. The molecule has 14 heteroatoms. The van der Waals surface area contributed by atoms with Gasteiger partial charge in [0.2, 0.25) is 29.5 Å². The molecule has 0 bridgehead atoms. The number of nitrogens with one attached hydrogen (secondary N) is 4. The Balaban J connectivity index is 3.40. The van der Waals surface area contributed by atoms with E-state index in [1.165, 1.54) is 31.2 Å². The molecule has 0 aromatic heterocycles. The van der Waals surface area contributed by atoms with Gasteiger partial charge in [-0.2, -0.15) is 0 Å². The fourth-order valence-corrected chi connectivity index (χ4v) is 5.86. The van der Waals surface area contributed by atoms with Gasteiger partial charge < -0.3 is 41.1 Å². The van der Waals surface area contributed by atoms with Crippen LogP contribution < -0.4 is 21.3 Å². The number of hydrogen-bond acceptors (Lipinski definition) is 9. The molecule has 5 amide bonds. The number of ether oxygens (including phenoxy) is 1. The van der Waals surface area contributed by atoms with Gasteiger partial charge in [-0.1, -0.05) is 98.3 Å². The van der Waals surface area contributed by atoms with E-state index in [4.69, 9.17) is 4.74 Å². The Morgan fingerprint density at radius 3 is 1.69 bits per heavy atom. The number of aliphatic hydroxyl groups is 2. The Morgan fingerprint density at radius 2 is 1.12 bits per heavy atom. The highest BCUT2D eigenvalue weighted by Gasteiger charge is 2.36. The van der Waals surface area contributed by atoms with Crippen molar-refractivity contribution < 1.29 is 43.7 Å². The van der Waals surface area contributed by atoms with Crippen molar-refractivity contribution >= 4 is 35.5 Å². The molecule has 0 saturated carbocycles. The first-order chi connectivity index (χ1) is 23.4. The minimum Gasteiger partial charge on any atom is -0.460 e. The number of rotatable bonds is 17. The van der Waals surface area contributed by atoms with E-state index in [0.717, 1.165) is 38.5 Å². The first kappa shape index (κ1) is 43.8. The summed E-state index contributed by atoms with van der Waals surface area (Å²) in [4.78, 5) is 81.0. The van der Waals surface area contributed by atoms with Crippen LogP contribution in [0.5, 0.6) is 0 Å². The van der Waals surface area contributed by atoms with Crippen LogP contribution in [0.25, 0.3) is 0 Å². The average molecular weight is 698 g/mol. The number of unbranched alkanes of at least 4 members (excludes halogenated alkanes) is 9. The topological polar surface area (TPSA) is 203 Å². The highest BCUT2D eigenvalue weighted by atomic mass is 16.5. The number of amides is 5. The van der Waals surface area contributed by atoms with E-state index < -0.39 is 91.5 Å². The van der Waals surface area contributed by atoms with Crippen LogP contribution in [0.1, 0.15) is 124 Å². The number of cyclic esters (lactones) is 1. The van der Waals surface area contributed by atoms with Crippen molar-refractivity contribution in [3.63, 3.8) is 0 Å². The van der Waals surface area contributed by atoms with Gasteiger partial charge in [-0.25, -0.2) is 0 Å². The van der Waals surface area contributed by atoms with Gasteiger partial charge in [0, 0.05) is 7.05 Å². The van der Waals surface area contributed by atoms with Crippen LogP contribution in [0.3, 0.4) is 0 Å². The van der Waals surface area contributed by atoms with Gasteiger partial charge in [-0.3, -0.25) is 28.8 Å². The van der Waals surface area contributed by atoms with Crippen molar-refractivity contribution in [2.24, 2.45) is 5.92 Å². The SMILES string of the molecule is CCCCCCCCCCC1OC(=O)CNC(=O)[C@H](CO)NC(=O)[C@H](CO)NC(=O)[C@H](CCC)NC(=O)[C@H](CCCCC)N(C)C(=O)[C@@H]1C. The minimum atomic E-state index is -1.50. The van der Waals surface area contributed by atoms with E-state index >= 15 is 0 Å². The van der Waals surface area contributed by atoms with Gasteiger partial charge in [0.05, 0.1) is 19.1 Å². The number of carbonyl (C=O) groups is 6. The van der Waals surface area contributed by atoms with Crippen molar-refractivity contribution in [1.82, 2.24) is 26.2 Å². The first-order valence-electron chi connectivity index (χ1n) is 18.3. The van der Waals surface area contributed by atoms with Crippen LogP contribution in [0.2, 0.25) is 0 Å². The molecule has 1 unspecified atom stereocenters. The third-order valence-corrected chi connectivity index (χ3v) is 9.02. The monoisotopic (exact) mass is 697 g/mol. The summed E-state index contributed by atoms with van der Waals surface area (Å²) < 4.78 is 5.76. The Bertz CT molecular complexity index is 1040. The lowest BCUT2D eigenvalue weighted by atomic mass is 9.95. The van der Waals surface area contributed by atoms with E-state index in [2.05, 4.69) is 28.2 Å². The van der Waals surface area contributed by atoms with Crippen molar-refractivity contribution in [3.8, 4) is 0 Å². The average Bonchev–Trinajstić information content (AvgIpc) is 3.09. The maximum Gasteiger partial charge on any atom is 0.325 e. The summed E-state index contributed by atoms with van der Waals surface area (Å²) in [5, 5.41) is 29.4. The lowest BCUT2D eigenvalue weighted by molar-refractivity contribution is -0.157. The molecule has 1 rings (SSSR count). The molecule has 14 nitrogen and oxygen atoms in total. The second kappa shape index (κ2) is 24.8. The zero-order valence-corrected chi connectivity index (χ0v) is 30.4. The van der Waals surface area contributed by atoms with Gasteiger partial charge >= 0.3 is 5.97 Å². The normalized spacial score (nSPS) is 25.3. The van der Waals surface area contributed by atoms with Crippen molar-refractivity contribution in [2.75, 3.05) is 26.8 Å². The van der Waals surface area contributed by atoms with Gasteiger partial charge in [0.1, 0.15) is 36.8 Å². The molecule has 6 N–H and O–H groups in total. The van der Waals surface area contributed by atoms with E-state index in [1.807, 2.05) is 13.8 Å². The van der Waals surface area contributed by atoms with Gasteiger partial charge in [0.15, 0.2) is 0 Å². The first-order valence-corrected chi connectivity index (χ1v) is 18.3. The zero-order chi connectivity index (χ0) is 36.8. The van der Waals surface area contributed by atoms with E-state index in [-0.39, 0.29) is 6.42 Å². The van der Waals surface area contributed by atoms with Crippen molar-refractivity contribution in [2.45, 2.75) is 154 Å². The molecule has 0 radical (unpaired) electrons. The molecule has 49 heavy (non-hydrogen) atoms. The minimum absolute atomic E-state index is 0.214. The molecule has 1 aliphatic heterocycles. The Labute approximate surface area is 292 Å². The third kappa shape index (κ3) is 15.9. The Kier molecular flexibility index (Phi) is 22.2. The molecular formula is C35H63N5O9. The smallest absolute Gasteiger partial charge is 0.325 e. The van der Waals surface area contributed by atoms with Crippen LogP contribution in [0, 0.1) is 5.92 Å². The molecule has 0 aromatic rings. The Hall–Kier alpha value is -3.26. The maximum absolute atomic E-state index is 14.0. The van der Waals surface area contributed by atoms with Gasteiger partial charge in [0.25, 0.3) is 0 Å². The second-order valence-electron chi connectivity index (χ2n) is 13.1. The quantitative estimate of drug-likeness (QED) is 0.0968. The highest BCUT2D eigenvalue weighted by molar-refractivity contribution is 5.96. The van der Waals surface area contributed by atoms with Crippen LogP contribution >= 0.6 is 0 Å². The maximum atomic E-state index is 14.0. The lowest BCUT2D eigenvalue weighted by Crippen LogP contribution is -2.59. The molecule has 1 aliphatic rings. The van der Waals surface area contributed by atoms with E-state index in [9.17, 15) is 39.0 Å². The van der Waals surface area contributed by atoms with Crippen LogP contribution in [0.15, 0.2) is 0 Å². The fourth-order valence-electron chi connectivity index (χ4n) is 5.86. The molecule has 1 saturated heterocycles. The summed E-state index contributed by atoms with van der Waals surface area (Å²) >= 11 is 0. The van der Waals surface area contributed by atoms with E-state index in [1.54, 1.807) is 6.92 Å². The predicted octanol–water partition coefficient (Wildman–Crippen LogP) is 1.84. The number of likely N-dealkylation sites (N-methyl/N-ethyl adjacent to an activating group) is 1. The van der Waals surface area contributed by atoms with Gasteiger partial charge in [-0.15, -0.1) is 0 Å². The van der Waals surface area contributed by atoms with Gasteiger partial charge in [-0.05, 0) is 25.7 Å². The summed E-state index contributed by atoms with van der Waals surface area (Å²) in [6, 6.07) is -4.99. The molecule has 0 aliphatic carbocycles. The number of nitrogens with zero attached hydrogens (tertiary/aromatic N) is 1. The summed E-state index contributed by atoms with van der Waals surface area (Å²) in [5.41, 5.74) is 0. The molecule has 1 fully saturated rings. The van der Waals surface area contributed by atoms with Crippen molar-refractivity contribution in [1.29, 1.82) is 0 Å². The molecular weight excluding hydrogens is 634 g/mol. The second-order valence-corrected chi connectivity index (χ2v) is 13.1. The number of hydrogen-bond donors (Lipinski definition) is 6. The highest BCUT2D eigenvalue weighted by Crippen LogP contribution is 2.22. The molecule has 282 valence electrons. The number of carbonyl (C=O) groups excluding carboxylic acids is 6. The summed E-state index contributed by atoms with van der Waals surface area (Å²) in [7, 11) is 1.53. The fraction of sp³-hybridized carbons (Fsp3) is 0.829. The van der Waals surface area contributed by atoms with Crippen molar-refractivity contribution in [3.05, 3.63) is 0 Å². The number of aliphatic hydroxyl groups excluding tert-OH is 2. The predicted molar refractivity (Wildman–Crippen MR) is 185 cm³/mol.